The number of benzene rings is 1. The van der Waals surface area contributed by atoms with Crippen molar-refractivity contribution in [3.63, 3.8) is 0 Å². The van der Waals surface area contributed by atoms with Crippen LogP contribution in [0.4, 0.5) is 23.8 Å². The molecule has 2 fully saturated rings. The second-order valence-corrected chi connectivity index (χ2v) is 12.0. The van der Waals surface area contributed by atoms with E-state index in [2.05, 4.69) is 10.3 Å². The van der Waals surface area contributed by atoms with Crippen LogP contribution in [0.1, 0.15) is 63.7 Å². The summed E-state index contributed by atoms with van der Waals surface area (Å²) in [6.45, 7) is 7.92. The molecule has 0 unspecified atom stereocenters. The van der Waals surface area contributed by atoms with E-state index in [0.717, 1.165) is 54.6 Å². The van der Waals surface area contributed by atoms with E-state index >= 15 is 4.39 Å². The van der Waals surface area contributed by atoms with Crippen molar-refractivity contribution >= 4 is 28.9 Å². The summed E-state index contributed by atoms with van der Waals surface area (Å²) in [5.41, 5.74) is -2.07. The van der Waals surface area contributed by atoms with Crippen molar-refractivity contribution in [2.75, 3.05) is 24.6 Å². The lowest BCUT2D eigenvalue weighted by Gasteiger charge is -2.52. The third-order valence-electron chi connectivity index (χ3n) is 7.78. The van der Waals surface area contributed by atoms with Gasteiger partial charge in [-0.3, -0.25) is 9.36 Å². The van der Waals surface area contributed by atoms with Gasteiger partial charge in [0.05, 0.1) is 17.7 Å². The van der Waals surface area contributed by atoms with E-state index in [0.29, 0.717) is 19.2 Å². The highest BCUT2D eigenvalue weighted by Crippen LogP contribution is 2.49. The zero-order valence-electron chi connectivity index (χ0n) is 23.9. The number of rotatable bonds is 5. The van der Waals surface area contributed by atoms with Crippen molar-refractivity contribution in [3.8, 4) is 5.69 Å². The highest BCUT2D eigenvalue weighted by molar-refractivity contribution is 5.94. The van der Waals surface area contributed by atoms with Gasteiger partial charge in [0, 0.05) is 31.4 Å². The molecule has 1 amide bonds. The molecule has 0 atom stereocenters. The van der Waals surface area contributed by atoms with Crippen molar-refractivity contribution < 1.29 is 32.2 Å². The molecule has 5 rings (SSSR count). The fourth-order valence-corrected chi connectivity index (χ4v) is 5.81. The van der Waals surface area contributed by atoms with Gasteiger partial charge in [-0.05, 0) is 77.0 Å². The van der Waals surface area contributed by atoms with E-state index in [9.17, 15) is 23.2 Å². The summed E-state index contributed by atoms with van der Waals surface area (Å²) in [5, 5.41) is 2.66. The topological polar surface area (TPSA) is 103 Å². The second kappa shape index (κ2) is 11.0. The molecule has 42 heavy (non-hydrogen) atoms. The van der Waals surface area contributed by atoms with Crippen molar-refractivity contribution in [1.29, 1.82) is 0 Å². The Morgan fingerprint density at radius 3 is 2.40 bits per heavy atom. The number of hydrogen-bond acceptors (Lipinski definition) is 7. The summed E-state index contributed by atoms with van der Waals surface area (Å²) < 4.78 is 55.5. The molecule has 1 saturated heterocycles. The Bertz CT molecular complexity index is 1600. The number of hydrogen-bond donors (Lipinski definition) is 1. The number of carbonyl (C=O) groups excluding carboxylic acids is 2. The number of ether oxygens (including phenoxy) is 2. The largest absolute Gasteiger partial charge is 0.462 e. The summed E-state index contributed by atoms with van der Waals surface area (Å²) >= 11 is 0. The van der Waals surface area contributed by atoms with Crippen LogP contribution in [0, 0.1) is 22.9 Å². The number of alkyl carbamates (subject to hydrolysis) is 1. The number of halogens is 3. The predicted octanol–water partition coefficient (Wildman–Crippen LogP) is 5.25. The van der Waals surface area contributed by atoms with Crippen molar-refractivity contribution in [3.05, 3.63) is 63.7 Å². The molecule has 1 spiro atoms. The molecule has 0 radical (unpaired) electrons. The summed E-state index contributed by atoms with van der Waals surface area (Å²) in [5.74, 6) is -3.50. The van der Waals surface area contributed by atoms with Gasteiger partial charge < -0.3 is 19.7 Å². The molecule has 2 aromatic heterocycles. The summed E-state index contributed by atoms with van der Waals surface area (Å²) in [6.07, 6.45) is 3.68. The van der Waals surface area contributed by atoms with E-state index in [1.165, 1.54) is 0 Å². The third-order valence-corrected chi connectivity index (χ3v) is 7.78. The number of fused-ring (bicyclic) bond motifs is 1. The van der Waals surface area contributed by atoms with E-state index in [1.807, 2.05) is 0 Å². The van der Waals surface area contributed by atoms with E-state index in [-0.39, 0.29) is 40.6 Å². The first-order valence-electron chi connectivity index (χ1n) is 13.9. The fourth-order valence-electron chi connectivity index (χ4n) is 5.81. The first-order chi connectivity index (χ1) is 19.8. The molecule has 0 bridgehead atoms. The minimum absolute atomic E-state index is 0.00978. The Kier molecular flexibility index (Phi) is 7.67. The smallest absolute Gasteiger partial charge is 0.407 e. The number of aromatic nitrogens is 2. The van der Waals surface area contributed by atoms with E-state index < -0.39 is 46.1 Å². The second-order valence-electron chi connectivity index (χ2n) is 12.0. The zero-order valence-corrected chi connectivity index (χ0v) is 23.9. The number of nitrogens with one attached hydrogen (secondary N) is 1. The number of amides is 1. The highest BCUT2D eigenvalue weighted by Gasteiger charge is 2.47. The van der Waals surface area contributed by atoms with Crippen molar-refractivity contribution in [1.82, 2.24) is 14.9 Å². The molecule has 1 aromatic carbocycles. The van der Waals surface area contributed by atoms with Gasteiger partial charge in [0.15, 0.2) is 17.3 Å². The van der Waals surface area contributed by atoms with Crippen LogP contribution in [0.25, 0.3) is 16.7 Å². The van der Waals surface area contributed by atoms with Crippen LogP contribution in [-0.2, 0) is 9.47 Å². The van der Waals surface area contributed by atoms with Crippen molar-refractivity contribution in [2.24, 2.45) is 5.41 Å². The molecule has 224 valence electrons. The van der Waals surface area contributed by atoms with E-state index in [4.69, 9.17) is 9.47 Å². The summed E-state index contributed by atoms with van der Waals surface area (Å²) in [7, 11) is 0. The first kappa shape index (κ1) is 29.4. The maximum absolute atomic E-state index is 15.5. The minimum atomic E-state index is -0.957. The molecule has 9 nitrogen and oxygen atoms in total. The SMILES string of the molecule is CCOC(=O)c1cn(-c2ccc(F)cc2F)c2nc(N3CCC4(CC3)CC(NC(=O)OC(C)(C)C)C4)c(F)cc2c1=O. The van der Waals surface area contributed by atoms with Crippen LogP contribution in [0.15, 0.2) is 35.3 Å². The van der Waals surface area contributed by atoms with Crippen LogP contribution in [0.3, 0.4) is 0 Å². The van der Waals surface area contributed by atoms with Gasteiger partial charge >= 0.3 is 12.1 Å². The minimum Gasteiger partial charge on any atom is -0.462 e. The lowest BCUT2D eigenvalue weighted by molar-refractivity contribution is 0.0233. The molecular weight excluding hydrogens is 553 g/mol. The Morgan fingerprint density at radius 1 is 1.10 bits per heavy atom. The van der Waals surface area contributed by atoms with Gasteiger partial charge in [-0.1, -0.05) is 0 Å². The Balaban J connectivity index is 1.42. The lowest BCUT2D eigenvalue weighted by atomic mass is 9.60. The monoisotopic (exact) mass is 586 g/mol. The number of esters is 1. The average Bonchev–Trinajstić information content (AvgIpc) is 2.88. The number of carbonyl (C=O) groups is 2. The summed E-state index contributed by atoms with van der Waals surface area (Å²) in [6, 6.07) is 3.86. The quantitative estimate of drug-likeness (QED) is 0.407. The van der Waals surface area contributed by atoms with Gasteiger partial charge in [0.1, 0.15) is 22.8 Å². The van der Waals surface area contributed by atoms with Gasteiger partial charge in [-0.15, -0.1) is 0 Å². The first-order valence-corrected chi connectivity index (χ1v) is 13.9. The molecule has 3 heterocycles. The van der Waals surface area contributed by atoms with Gasteiger partial charge in [0.25, 0.3) is 0 Å². The maximum atomic E-state index is 15.5. The number of pyridine rings is 2. The molecule has 1 aliphatic carbocycles. The summed E-state index contributed by atoms with van der Waals surface area (Å²) in [4.78, 5) is 44.1. The predicted molar refractivity (Wildman–Crippen MR) is 149 cm³/mol. The Hall–Kier alpha value is -4.09. The third kappa shape index (κ3) is 5.79. The van der Waals surface area contributed by atoms with E-state index in [1.54, 1.807) is 32.6 Å². The van der Waals surface area contributed by atoms with Crippen LogP contribution in [0.5, 0.6) is 0 Å². The molecule has 1 aliphatic heterocycles. The normalized spacial score (nSPS) is 16.8. The van der Waals surface area contributed by atoms with Crippen LogP contribution < -0.4 is 15.6 Å². The number of nitrogens with zero attached hydrogens (tertiary/aromatic N) is 3. The molecule has 3 aromatic rings. The fraction of sp³-hybridized carbons (Fsp3) is 0.467. The Morgan fingerprint density at radius 2 is 1.79 bits per heavy atom. The lowest BCUT2D eigenvalue weighted by Crippen LogP contribution is -2.55. The highest BCUT2D eigenvalue weighted by atomic mass is 19.1. The standard InChI is InChI=1S/C30H33F3N4O5/c1-5-41-27(39)20-16-37(23-7-6-17(31)12-21(23)32)25-19(24(20)38)13-22(33)26(35-25)36-10-8-30(9-11-36)14-18(15-30)34-28(40)42-29(2,3)4/h6-7,12-13,16,18H,5,8-11,14-15H2,1-4H3,(H,34,40). The number of piperidine rings is 1. The molecular formula is C30H33F3N4O5. The Labute approximate surface area is 240 Å². The van der Waals surface area contributed by atoms with Gasteiger partial charge in [0.2, 0.25) is 5.43 Å². The molecule has 1 N–H and O–H groups in total. The van der Waals surface area contributed by atoms with Gasteiger partial charge in [-0.25, -0.2) is 27.7 Å². The van der Waals surface area contributed by atoms with Crippen LogP contribution in [0.2, 0.25) is 0 Å². The van der Waals surface area contributed by atoms with Crippen LogP contribution >= 0.6 is 0 Å². The number of anilines is 1. The van der Waals surface area contributed by atoms with Crippen LogP contribution in [-0.4, -0.2) is 53.0 Å². The molecule has 1 saturated carbocycles. The molecule has 12 heteroatoms. The zero-order chi connectivity index (χ0) is 30.4. The maximum Gasteiger partial charge on any atom is 0.407 e. The van der Waals surface area contributed by atoms with Crippen molar-refractivity contribution in [2.45, 2.75) is 65.0 Å². The molecule has 2 aliphatic rings. The average molecular weight is 587 g/mol. The van der Waals surface area contributed by atoms with Gasteiger partial charge in [-0.2, -0.15) is 0 Å².